The molecule has 20 heavy (non-hydrogen) atoms. The summed E-state index contributed by atoms with van der Waals surface area (Å²) in [5.74, 6) is 0. The third-order valence-corrected chi connectivity index (χ3v) is 3.51. The Balaban J connectivity index is 0.000000257. The van der Waals surface area contributed by atoms with Gasteiger partial charge in [-0.1, -0.05) is 31.9 Å². The van der Waals surface area contributed by atoms with Gasteiger partial charge in [0.25, 0.3) is 0 Å². The average molecular weight is 423 g/mol. The number of fused-ring (bicyclic) bond motifs is 3. The third-order valence-electron chi connectivity index (χ3n) is 2.52. The molecule has 8 heteroatoms. The fraction of sp³-hybridized carbons (Fsp3) is 0. The van der Waals surface area contributed by atoms with Gasteiger partial charge in [-0.15, -0.1) is 0 Å². The van der Waals surface area contributed by atoms with Crippen LogP contribution >= 0.6 is 39.7 Å². The van der Waals surface area contributed by atoms with Crippen molar-refractivity contribution in [1.29, 1.82) is 0 Å². The summed E-state index contributed by atoms with van der Waals surface area (Å²) in [7, 11) is -4.64. The molecule has 0 aliphatic carbocycles. The second-order valence-electron chi connectivity index (χ2n) is 4.02. The van der Waals surface area contributed by atoms with Crippen LogP contribution in [-0.2, 0) is 4.57 Å². The molecule has 1 aromatic heterocycles. The first-order chi connectivity index (χ1) is 9.24. The van der Waals surface area contributed by atoms with Crippen molar-refractivity contribution in [1.82, 2.24) is 4.98 Å². The maximum Gasteiger partial charge on any atom is 0.466 e. The lowest BCUT2D eigenvalue weighted by molar-refractivity contribution is 0.275. The molecular formula is C12H10Br2NO4P. The molecule has 3 aromatic rings. The summed E-state index contributed by atoms with van der Waals surface area (Å²) in [6, 6.07) is 12.6. The van der Waals surface area contributed by atoms with Gasteiger partial charge in [0.05, 0.1) is 0 Å². The first-order valence-corrected chi connectivity index (χ1v) is 8.54. The van der Waals surface area contributed by atoms with Crippen LogP contribution in [-0.4, -0.2) is 19.7 Å². The van der Waals surface area contributed by atoms with Crippen molar-refractivity contribution in [3.63, 3.8) is 0 Å². The van der Waals surface area contributed by atoms with Gasteiger partial charge in [-0.05, 0) is 36.4 Å². The van der Waals surface area contributed by atoms with Crippen LogP contribution in [0.2, 0.25) is 0 Å². The molecule has 4 N–H and O–H groups in total. The number of nitrogens with one attached hydrogen (secondary N) is 1. The Morgan fingerprint density at radius 2 is 1.20 bits per heavy atom. The Morgan fingerprint density at radius 1 is 0.850 bits per heavy atom. The second-order valence-corrected chi connectivity index (χ2v) is 6.88. The van der Waals surface area contributed by atoms with E-state index in [1.54, 1.807) is 0 Å². The van der Waals surface area contributed by atoms with Crippen molar-refractivity contribution in [3.8, 4) is 0 Å². The molecule has 106 valence electrons. The number of aromatic nitrogens is 1. The minimum atomic E-state index is -4.64. The van der Waals surface area contributed by atoms with Gasteiger partial charge in [-0.25, -0.2) is 4.57 Å². The van der Waals surface area contributed by atoms with E-state index in [0.29, 0.717) is 0 Å². The molecule has 0 bridgehead atoms. The zero-order valence-electron chi connectivity index (χ0n) is 9.92. The molecule has 0 saturated heterocycles. The van der Waals surface area contributed by atoms with Gasteiger partial charge in [0.1, 0.15) is 0 Å². The fourth-order valence-electron chi connectivity index (χ4n) is 1.84. The van der Waals surface area contributed by atoms with Crippen LogP contribution in [0.15, 0.2) is 45.3 Å². The van der Waals surface area contributed by atoms with Crippen LogP contribution < -0.4 is 0 Å². The number of phosphoric acid groups is 1. The molecule has 0 saturated carbocycles. The van der Waals surface area contributed by atoms with E-state index in [4.69, 9.17) is 19.2 Å². The fourth-order valence-corrected chi connectivity index (χ4v) is 2.56. The lowest BCUT2D eigenvalue weighted by atomic mass is 10.2. The SMILES string of the molecule is Brc1ccc2[nH]c3ccc(Br)cc3c2c1.O=P(O)(O)O. The van der Waals surface area contributed by atoms with Crippen LogP contribution in [0.1, 0.15) is 0 Å². The normalized spacial score (nSPS) is 11.4. The number of aromatic amines is 1. The molecule has 2 aromatic carbocycles. The molecule has 5 nitrogen and oxygen atoms in total. The van der Waals surface area contributed by atoms with Crippen molar-refractivity contribution in [2.45, 2.75) is 0 Å². The monoisotopic (exact) mass is 421 g/mol. The van der Waals surface area contributed by atoms with E-state index in [1.165, 1.54) is 21.8 Å². The number of benzene rings is 2. The highest BCUT2D eigenvalue weighted by Crippen LogP contribution is 2.29. The summed E-state index contributed by atoms with van der Waals surface area (Å²) >= 11 is 6.99. The number of hydrogen-bond acceptors (Lipinski definition) is 1. The quantitative estimate of drug-likeness (QED) is 0.413. The Bertz CT molecular complexity index is 747. The van der Waals surface area contributed by atoms with Gasteiger partial charge in [-0.3, -0.25) is 0 Å². The summed E-state index contributed by atoms with van der Waals surface area (Å²) in [4.78, 5) is 25.0. The molecule has 0 radical (unpaired) electrons. The van der Waals surface area contributed by atoms with Gasteiger partial charge >= 0.3 is 7.82 Å². The molecule has 0 aliphatic heterocycles. The van der Waals surface area contributed by atoms with Gasteiger partial charge < -0.3 is 19.7 Å². The lowest BCUT2D eigenvalue weighted by Crippen LogP contribution is -1.67. The second kappa shape index (κ2) is 5.97. The minimum absolute atomic E-state index is 1.11. The van der Waals surface area contributed by atoms with Crippen molar-refractivity contribution in [3.05, 3.63) is 45.3 Å². The number of halogens is 2. The van der Waals surface area contributed by atoms with Gasteiger partial charge in [0.2, 0.25) is 0 Å². The van der Waals surface area contributed by atoms with Gasteiger partial charge in [-0.2, -0.15) is 0 Å². The number of rotatable bonds is 0. The number of hydrogen-bond donors (Lipinski definition) is 4. The molecule has 1 heterocycles. The largest absolute Gasteiger partial charge is 0.466 e. The molecule has 0 unspecified atom stereocenters. The van der Waals surface area contributed by atoms with E-state index in [2.05, 4.69) is 61.1 Å². The smallest absolute Gasteiger partial charge is 0.355 e. The van der Waals surface area contributed by atoms with Crippen LogP contribution in [0.5, 0.6) is 0 Å². The number of H-pyrrole nitrogens is 1. The van der Waals surface area contributed by atoms with Crippen LogP contribution in [0.3, 0.4) is 0 Å². The Kier molecular flexibility index (Phi) is 4.69. The highest BCUT2D eigenvalue weighted by molar-refractivity contribution is 9.10. The highest BCUT2D eigenvalue weighted by atomic mass is 79.9. The third kappa shape index (κ3) is 4.15. The molecule has 0 spiro atoms. The highest BCUT2D eigenvalue weighted by Gasteiger charge is 2.04. The summed E-state index contributed by atoms with van der Waals surface area (Å²) in [6.45, 7) is 0. The van der Waals surface area contributed by atoms with E-state index in [0.717, 1.165) is 8.95 Å². The molecule has 3 rings (SSSR count). The topological polar surface area (TPSA) is 93.6 Å². The van der Waals surface area contributed by atoms with E-state index < -0.39 is 7.82 Å². The maximum atomic E-state index is 8.88. The molecule has 0 aliphatic rings. The Labute approximate surface area is 131 Å². The van der Waals surface area contributed by atoms with Crippen LogP contribution in [0.4, 0.5) is 0 Å². The van der Waals surface area contributed by atoms with Crippen molar-refractivity contribution < 1.29 is 19.2 Å². The zero-order chi connectivity index (χ0) is 14.9. The molecular weight excluding hydrogens is 413 g/mol. The Morgan fingerprint density at radius 3 is 1.55 bits per heavy atom. The first-order valence-electron chi connectivity index (χ1n) is 5.39. The summed E-state index contributed by atoms with van der Waals surface area (Å²) in [5, 5.41) is 2.50. The van der Waals surface area contributed by atoms with Crippen LogP contribution in [0.25, 0.3) is 21.8 Å². The van der Waals surface area contributed by atoms with Crippen molar-refractivity contribution in [2.75, 3.05) is 0 Å². The van der Waals surface area contributed by atoms with Gasteiger partial charge in [0, 0.05) is 30.8 Å². The minimum Gasteiger partial charge on any atom is -0.355 e. The summed E-state index contributed by atoms with van der Waals surface area (Å²) in [5.41, 5.74) is 2.35. The molecule has 0 amide bonds. The lowest BCUT2D eigenvalue weighted by Gasteiger charge is -1.93. The predicted molar refractivity (Wildman–Crippen MR) is 85.5 cm³/mol. The Hall–Kier alpha value is -0.690. The van der Waals surface area contributed by atoms with E-state index >= 15 is 0 Å². The zero-order valence-corrected chi connectivity index (χ0v) is 14.0. The van der Waals surface area contributed by atoms with Gasteiger partial charge in [0.15, 0.2) is 0 Å². The van der Waals surface area contributed by atoms with E-state index in [9.17, 15) is 0 Å². The average Bonchev–Trinajstić information content (AvgIpc) is 2.64. The van der Waals surface area contributed by atoms with Crippen molar-refractivity contribution in [2.24, 2.45) is 0 Å². The van der Waals surface area contributed by atoms with E-state index in [1.807, 2.05) is 12.1 Å². The molecule has 0 fully saturated rings. The summed E-state index contributed by atoms with van der Waals surface area (Å²) in [6.07, 6.45) is 0. The van der Waals surface area contributed by atoms with Crippen molar-refractivity contribution >= 4 is 61.5 Å². The molecule has 0 atom stereocenters. The predicted octanol–water partition coefficient (Wildman–Crippen LogP) is 3.92. The first kappa shape index (κ1) is 15.7. The maximum absolute atomic E-state index is 8.88. The summed E-state index contributed by atoms with van der Waals surface area (Å²) < 4.78 is 11.1. The van der Waals surface area contributed by atoms with Crippen LogP contribution in [0, 0.1) is 0 Å². The van der Waals surface area contributed by atoms with E-state index in [-0.39, 0.29) is 0 Å². The standard InChI is InChI=1S/C12H7Br2N.H3O4P/c13-7-1-3-11-9(5-7)10-6-8(14)2-4-12(10)15-11;1-5(2,3)4/h1-6,15H;(H3,1,2,3,4).